The lowest BCUT2D eigenvalue weighted by molar-refractivity contribution is 0.446. The summed E-state index contributed by atoms with van der Waals surface area (Å²) in [6, 6.07) is 25.8. The van der Waals surface area contributed by atoms with Crippen LogP contribution < -0.4 is 4.74 Å². The third-order valence-electron chi connectivity index (χ3n) is 10.3. The molecule has 0 N–H and O–H groups in total. The average molecular weight is 637 g/mol. The molecule has 0 saturated carbocycles. The first-order valence-electron chi connectivity index (χ1n) is 17.8. The van der Waals surface area contributed by atoms with Gasteiger partial charge in [-0.05, 0) is 112 Å². The molecule has 0 aliphatic heterocycles. The molecule has 0 fully saturated rings. The van der Waals surface area contributed by atoms with Crippen LogP contribution in [-0.4, -0.2) is 19.3 Å². The van der Waals surface area contributed by atoms with Crippen molar-refractivity contribution in [1.82, 2.24) is 19.3 Å². The van der Waals surface area contributed by atoms with Crippen LogP contribution in [0.2, 0.25) is 0 Å². The van der Waals surface area contributed by atoms with E-state index in [0.717, 1.165) is 59.0 Å². The molecule has 1 aliphatic carbocycles. The number of pyridine rings is 1. The van der Waals surface area contributed by atoms with Crippen molar-refractivity contribution in [3.8, 4) is 23.0 Å². The van der Waals surface area contributed by atoms with Crippen LogP contribution in [0.1, 0.15) is 100 Å². The molecule has 246 valence electrons. The Hall–Kier alpha value is -4.64. The van der Waals surface area contributed by atoms with Crippen LogP contribution in [-0.2, 0) is 6.42 Å². The highest BCUT2D eigenvalue weighted by Gasteiger charge is 2.31. The first-order chi connectivity index (χ1) is 23.2. The molecule has 2 atom stereocenters. The highest BCUT2D eigenvalue weighted by atomic mass is 16.5. The summed E-state index contributed by atoms with van der Waals surface area (Å²) >= 11 is 0. The van der Waals surface area contributed by atoms with Crippen LogP contribution in [0.4, 0.5) is 0 Å². The van der Waals surface area contributed by atoms with Gasteiger partial charge in [0.15, 0.2) is 0 Å². The number of rotatable bonds is 9. The Balaban J connectivity index is 1.34. The van der Waals surface area contributed by atoms with E-state index in [1.807, 2.05) is 12.3 Å². The van der Waals surface area contributed by atoms with E-state index in [2.05, 4.69) is 131 Å². The van der Waals surface area contributed by atoms with Crippen LogP contribution >= 0.6 is 0 Å². The molecule has 3 aromatic heterocycles. The summed E-state index contributed by atoms with van der Waals surface area (Å²) in [4.78, 5) is 4.76. The summed E-state index contributed by atoms with van der Waals surface area (Å²) in [6.07, 6.45) is 10.0. The van der Waals surface area contributed by atoms with Gasteiger partial charge in [-0.3, -0.25) is 4.57 Å². The maximum Gasteiger partial charge on any atom is 0.137 e. The number of benzene rings is 3. The number of para-hydroxylation sites is 1. The largest absolute Gasteiger partial charge is 0.457 e. The van der Waals surface area contributed by atoms with Crippen molar-refractivity contribution in [3.05, 3.63) is 119 Å². The van der Waals surface area contributed by atoms with E-state index >= 15 is 0 Å². The normalized spacial score (nSPS) is 16.6. The van der Waals surface area contributed by atoms with Crippen LogP contribution in [0.15, 0.2) is 90.6 Å². The van der Waals surface area contributed by atoms with Crippen LogP contribution in [0.5, 0.6) is 11.5 Å². The Morgan fingerprint density at radius 1 is 0.896 bits per heavy atom. The number of ether oxygens (including phenoxy) is 1. The summed E-state index contributed by atoms with van der Waals surface area (Å²) in [7, 11) is 0. The van der Waals surface area contributed by atoms with Gasteiger partial charge >= 0.3 is 0 Å². The van der Waals surface area contributed by atoms with Gasteiger partial charge in [0.1, 0.15) is 17.3 Å². The molecule has 1 aliphatic rings. The predicted molar refractivity (Wildman–Crippen MR) is 199 cm³/mol. The van der Waals surface area contributed by atoms with Gasteiger partial charge in [0.05, 0.1) is 22.4 Å². The zero-order valence-corrected chi connectivity index (χ0v) is 29.5. The third-order valence-corrected chi connectivity index (χ3v) is 10.3. The summed E-state index contributed by atoms with van der Waals surface area (Å²) in [6.45, 7) is 15.8. The van der Waals surface area contributed by atoms with E-state index < -0.39 is 0 Å². The van der Waals surface area contributed by atoms with E-state index in [0.29, 0.717) is 17.8 Å². The topological polar surface area (TPSA) is 44.9 Å². The van der Waals surface area contributed by atoms with Gasteiger partial charge in [0, 0.05) is 46.3 Å². The number of hydrogen-bond acceptors (Lipinski definition) is 3. The van der Waals surface area contributed by atoms with Crippen LogP contribution in [0.25, 0.3) is 33.3 Å². The molecule has 5 nitrogen and oxygen atoms in total. The Morgan fingerprint density at radius 3 is 2.48 bits per heavy atom. The molecule has 3 aromatic carbocycles. The van der Waals surface area contributed by atoms with Gasteiger partial charge in [-0.25, -0.2) is 9.67 Å². The van der Waals surface area contributed by atoms with Crippen LogP contribution in [0, 0.1) is 19.8 Å². The SMILES string of the molecule is CCCCc1c([C@@H]2C(C)=CCC[C@@H]2C)c(C)nn1-c1cc(Oc2ccc3c4ccccc4n(-c4cc(C)ccn4)c3c2)cc(C(C)C)c1. The first-order valence-corrected chi connectivity index (χ1v) is 17.8. The highest BCUT2D eigenvalue weighted by Crippen LogP contribution is 2.43. The highest BCUT2D eigenvalue weighted by molar-refractivity contribution is 6.09. The standard InChI is InChI=1S/C43H48N4O/c1-8-9-16-39-43(42-29(5)13-12-14-30(42)6)31(7)45-47(39)33-23-32(27(2)3)24-35(25-33)48-34-18-19-37-36-15-10-11-17-38(36)46(40(37)26-34)41-22-28(4)20-21-44-41/h10-11,13,15,17-27,30,42H,8-9,12,14,16H2,1-7H3/t30-,42+/m0/s1. The molecule has 6 aromatic rings. The van der Waals surface area contributed by atoms with E-state index in [1.165, 1.54) is 51.6 Å². The minimum absolute atomic E-state index is 0.337. The first kappa shape index (κ1) is 31.9. The van der Waals surface area contributed by atoms with Crippen molar-refractivity contribution < 1.29 is 4.74 Å². The Morgan fingerprint density at radius 2 is 1.71 bits per heavy atom. The fraction of sp³-hybridized carbons (Fsp3) is 0.349. The summed E-state index contributed by atoms with van der Waals surface area (Å²) in [5.74, 6) is 3.89. The Kier molecular flexibility index (Phi) is 8.72. The van der Waals surface area contributed by atoms with Crippen LogP contribution in [0.3, 0.4) is 0 Å². The minimum atomic E-state index is 0.337. The van der Waals surface area contributed by atoms with Gasteiger partial charge in [-0.2, -0.15) is 5.10 Å². The smallest absolute Gasteiger partial charge is 0.137 e. The molecule has 0 saturated heterocycles. The fourth-order valence-electron chi connectivity index (χ4n) is 7.78. The molecule has 48 heavy (non-hydrogen) atoms. The lowest BCUT2D eigenvalue weighted by Gasteiger charge is -2.30. The molecule has 0 bridgehead atoms. The Bertz CT molecular complexity index is 2150. The molecule has 0 radical (unpaired) electrons. The lowest BCUT2D eigenvalue weighted by atomic mass is 9.75. The number of unbranched alkanes of at least 4 members (excludes halogenated alkanes) is 1. The van der Waals surface area contributed by atoms with Crippen molar-refractivity contribution >= 4 is 21.8 Å². The van der Waals surface area contributed by atoms with Crippen molar-refractivity contribution in [2.24, 2.45) is 5.92 Å². The summed E-state index contributed by atoms with van der Waals surface area (Å²) in [5, 5.41) is 7.65. The van der Waals surface area contributed by atoms with E-state index in [1.54, 1.807) is 0 Å². The maximum absolute atomic E-state index is 6.77. The molecule has 3 heterocycles. The molecule has 5 heteroatoms. The molecule has 0 unspecified atom stereocenters. The molecule has 0 spiro atoms. The maximum atomic E-state index is 6.77. The molecular formula is C43H48N4O. The predicted octanol–water partition coefficient (Wildman–Crippen LogP) is 11.7. The van der Waals surface area contributed by atoms with Gasteiger partial charge in [0.2, 0.25) is 0 Å². The van der Waals surface area contributed by atoms with E-state index in [9.17, 15) is 0 Å². The van der Waals surface area contributed by atoms with Gasteiger partial charge < -0.3 is 4.74 Å². The second-order valence-electron chi connectivity index (χ2n) is 14.2. The lowest BCUT2D eigenvalue weighted by Crippen LogP contribution is -2.17. The van der Waals surface area contributed by atoms with Gasteiger partial charge in [-0.1, -0.05) is 64.0 Å². The number of nitrogens with zero attached hydrogens (tertiary/aromatic N) is 4. The fourth-order valence-corrected chi connectivity index (χ4v) is 7.78. The zero-order chi connectivity index (χ0) is 33.5. The number of allylic oxidation sites excluding steroid dienone is 2. The van der Waals surface area contributed by atoms with E-state index in [-0.39, 0.29) is 0 Å². The van der Waals surface area contributed by atoms with E-state index in [4.69, 9.17) is 14.8 Å². The minimum Gasteiger partial charge on any atom is -0.457 e. The second-order valence-corrected chi connectivity index (χ2v) is 14.2. The molecule has 0 amide bonds. The average Bonchev–Trinajstić information content (AvgIpc) is 3.57. The molecule has 7 rings (SSSR count). The van der Waals surface area contributed by atoms with Gasteiger partial charge in [-0.15, -0.1) is 0 Å². The number of fused-ring (bicyclic) bond motifs is 3. The summed E-state index contributed by atoms with van der Waals surface area (Å²) in [5.41, 5.74) is 11.1. The van der Waals surface area contributed by atoms with Crippen molar-refractivity contribution in [3.63, 3.8) is 0 Å². The second kappa shape index (κ2) is 13.1. The Labute approximate surface area is 285 Å². The number of aryl methyl sites for hydroxylation is 2. The van der Waals surface area contributed by atoms with Crippen molar-refractivity contribution in [1.29, 1.82) is 0 Å². The molecular weight excluding hydrogens is 589 g/mol. The summed E-state index contributed by atoms with van der Waals surface area (Å²) < 4.78 is 11.3. The number of hydrogen-bond donors (Lipinski definition) is 0. The van der Waals surface area contributed by atoms with Gasteiger partial charge in [0.25, 0.3) is 0 Å². The van der Waals surface area contributed by atoms with Crippen molar-refractivity contribution in [2.45, 2.75) is 92.4 Å². The third kappa shape index (κ3) is 5.85. The zero-order valence-electron chi connectivity index (χ0n) is 29.5. The number of aromatic nitrogens is 4. The monoisotopic (exact) mass is 636 g/mol. The quantitative estimate of drug-likeness (QED) is 0.148. The van der Waals surface area contributed by atoms with Crippen molar-refractivity contribution in [2.75, 3.05) is 0 Å².